The van der Waals surface area contributed by atoms with Gasteiger partial charge in [-0.15, -0.1) is 0 Å². The van der Waals surface area contributed by atoms with Gasteiger partial charge in [-0.05, 0) is 29.3 Å². The molecule has 0 fully saturated rings. The van der Waals surface area contributed by atoms with E-state index in [0.29, 0.717) is 0 Å². The van der Waals surface area contributed by atoms with E-state index in [4.69, 9.17) is 4.98 Å². The minimum absolute atomic E-state index is 0.208. The lowest BCUT2D eigenvalue weighted by molar-refractivity contribution is 0.845. The third kappa shape index (κ3) is 2.71. The van der Waals surface area contributed by atoms with Crippen molar-refractivity contribution in [3.63, 3.8) is 0 Å². The number of nitrogens with one attached hydrogen (secondary N) is 1. The van der Waals surface area contributed by atoms with E-state index < -0.39 is 0 Å². The van der Waals surface area contributed by atoms with Crippen molar-refractivity contribution in [1.29, 1.82) is 0 Å². The molecule has 0 aliphatic rings. The van der Waals surface area contributed by atoms with Gasteiger partial charge < -0.3 is 5.32 Å². The molecule has 0 aliphatic carbocycles. The van der Waals surface area contributed by atoms with Crippen LogP contribution in [0.4, 0.5) is 5.82 Å². The summed E-state index contributed by atoms with van der Waals surface area (Å²) < 4.78 is 1.84. The van der Waals surface area contributed by atoms with E-state index in [-0.39, 0.29) is 6.04 Å². The number of hydrogen-bond acceptors (Lipinski definition) is 4. The summed E-state index contributed by atoms with van der Waals surface area (Å²) in [5.41, 5.74) is 4.15. The van der Waals surface area contributed by atoms with Crippen LogP contribution in [0.2, 0.25) is 0 Å². The van der Waals surface area contributed by atoms with E-state index in [2.05, 4.69) is 52.4 Å². The summed E-state index contributed by atoms with van der Waals surface area (Å²) in [6, 6.07) is 16.5. The molecule has 4 nitrogen and oxygen atoms in total. The number of rotatable bonds is 4. The van der Waals surface area contributed by atoms with Gasteiger partial charge in [0.05, 0.1) is 17.9 Å². The van der Waals surface area contributed by atoms with Crippen molar-refractivity contribution in [3.8, 4) is 11.3 Å². The summed E-state index contributed by atoms with van der Waals surface area (Å²) in [4.78, 5) is 4.70. The van der Waals surface area contributed by atoms with E-state index in [1.807, 2.05) is 28.8 Å². The first-order valence-electron chi connectivity index (χ1n) is 7.50. The molecule has 0 unspecified atom stereocenters. The van der Waals surface area contributed by atoms with Gasteiger partial charge in [0.25, 0.3) is 0 Å². The van der Waals surface area contributed by atoms with E-state index in [1.54, 1.807) is 17.5 Å². The van der Waals surface area contributed by atoms with Crippen LogP contribution in [0.25, 0.3) is 16.9 Å². The predicted octanol–water partition coefficient (Wildman–Crippen LogP) is 4.63. The topological polar surface area (TPSA) is 42.2 Å². The lowest BCUT2D eigenvalue weighted by atomic mass is 10.1. The maximum atomic E-state index is 4.70. The van der Waals surface area contributed by atoms with Crippen molar-refractivity contribution in [1.82, 2.24) is 14.6 Å². The second-order valence-electron chi connectivity index (χ2n) is 5.42. The molecule has 0 radical (unpaired) electrons. The van der Waals surface area contributed by atoms with Gasteiger partial charge in [0.2, 0.25) is 0 Å². The van der Waals surface area contributed by atoms with E-state index >= 15 is 0 Å². The third-order valence-corrected chi connectivity index (χ3v) is 4.54. The zero-order valence-corrected chi connectivity index (χ0v) is 13.5. The summed E-state index contributed by atoms with van der Waals surface area (Å²) >= 11 is 1.71. The number of fused-ring (bicyclic) bond motifs is 1. The zero-order valence-electron chi connectivity index (χ0n) is 12.7. The Labute approximate surface area is 138 Å². The molecule has 0 saturated carbocycles. The molecule has 1 aromatic carbocycles. The highest BCUT2D eigenvalue weighted by Gasteiger charge is 2.11. The van der Waals surface area contributed by atoms with E-state index in [1.165, 1.54) is 5.56 Å². The molecule has 4 aromatic rings. The summed E-state index contributed by atoms with van der Waals surface area (Å²) in [5.74, 6) is 0.942. The summed E-state index contributed by atoms with van der Waals surface area (Å²) in [7, 11) is 0. The Morgan fingerprint density at radius 3 is 2.78 bits per heavy atom. The largest absolute Gasteiger partial charge is 0.363 e. The number of anilines is 1. The minimum atomic E-state index is 0.208. The molecule has 23 heavy (non-hydrogen) atoms. The number of aromatic nitrogens is 3. The highest BCUT2D eigenvalue weighted by atomic mass is 32.1. The molecule has 114 valence electrons. The molecule has 3 heterocycles. The average molecular weight is 320 g/mol. The molecule has 3 aromatic heterocycles. The molecule has 1 N–H and O–H groups in total. The zero-order chi connectivity index (χ0) is 15.6. The molecule has 1 atom stereocenters. The van der Waals surface area contributed by atoms with E-state index in [0.717, 1.165) is 22.7 Å². The van der Waals surface area contributed by atoms with Crippen LogP contribution in [-0.2, 0) is 0 Å². The van der Waals surface area contributed by atoms with Gasteiger partial charge in [-0.3, -0.25) is 0 Å². The van der Waals surface area contributed by atoms with Gasteiger partial charge in [0, 0.05) is 17.7 Å². The summed E-state index contributed by atoms with van der Waals surface area (Å²) in [6.07, 6.45) is 1.78. The van der Waals surface area contributed by atoms with Crippen LogP contribution in [0.1, 0.15) is 18.5 Å². The van der Waals surface area contributed by atoms with Crippen LogP contribution < -0.4 is 5.32 Å². The average Bonchev–Trinajstić information content (AvgIpc) is 3.27. The fourth-order valence-corrected chi connectivity index (χ4v) is 3.35. The molecular weight excluding hydrogens is 304 g/mol. The summed E-state index contributed by atoms with van der Waals surface area (Å²) in [5, 5.41) is 12.2. The van der Waals surface area contributed by atoms with Gasteiger partial charge >= 0.3 is 0 Å². The normalized spacial score (nSPS) is 12.4. The Morgan fingerprint density at radius 2 is 2.00 bits per heavy atom. The highest BCUT2D eigenvalue weighted by molar-refractivity contribution is 7.08. The monoisotopic (exact) mass is 320 g/mol. The second kappa shape index (κ2) is 5.85. The fourth-order valence-electron chi connectivity index (χ4n) is 2.60. The van der Waals surface area contributed by atoms with Gasteiger partial charge in [0.1, 0.15) is 5.82 Å². The Bertz CT molecular complexity index is 913. The third-order valence-electron chi connectivity index (χ3n) is 3.84. The molecule has 0 spiro atoms. The Kier molecular flexibility index (Phi) is 3.55. The molecule has 5 heteroatoms. The Hall–Kier alpha value is -2.66. The van der Waals surface area contributed by atoms with Crippen LogP contribution in [0.15, 0.2) is 65.5 Å². The van der Waals surface area contributed by atoms with Crippen LogP contribution in [0.3, 0.4) is 0 Å². The maximum Gasteiger partial charge on any atom is 0.157 e. The first-order chi connectivity index (χ1) is 11.3. The molecule has 0 aliphatic heterocycles. The smallest absolute Gasteiger partial charge is 0.157 e. The lowest BCUT2D eigenvalue weighted by Gasteiger charge is -2.16. The maximum absolute atomic E-state index is 4.70. The SMILES string of the molecule is C[C@H](Nc1cc(-c2ccccc2)nc2ccnn12)c1ccsc1. The fraction of sp³-hybridized carbons (Fsp3) is 0.111. The molecule has 0 amide bonds. The molecule has 0 bridgehead atoms. The highest BCUT2D eigenvalue weighted by Crippen LogP contribution is 2.25. The van der Waals surface area contributed by atoms with Crippen LogP contribution in [-0.4, -0.2) is 14.6 Å². The van der Waals surface area contributed by atoms with Crippen LogP contribution in [0.5, 0.6) is 0 Å². The van der Waals surface area contributed by atoms with Gasteiger partial charge in [-0.2, -0.15) is 21.0 Å². The number of hydrogen-bond donors (Lipinski definition) is 1. The number of thiophene rings is 1. The second-order valence-corrected chi connectivity index (χ2v) is 6.20. The Balaban J connectivity index is 1.77. The van der Waals surface area contributed by atoms with Gasteiger partial charge in [-0.25, -0.2) is 4.98 Å². The number of benzene rings is 1. The van der Waals surface area contributed by atoms with Crippen LogP contribution in [0, 0.1) is 0 Å². The van der Waals surface area contributed by atoms with Crippen molar-refractivity contribution in [2.45, 2.75) is 13.0 Å². The minimum Gasteiger partial charge on any atom is -0.363 e. The standard InChI is InChI=1S/C18H16N4S/c1-13(15-8-10-23-12-15)20-18-11-16(14-5-3-2-4-6-14)21-17-7-9-19-22(17)18/h2-13,20H,1H3/t13-/m0/s1. The van der Waals surface area contributed by atoms with Gasteiger partial charge in [0.15, 0.2) is 5.65 Å². The molecule has 4 rings (SSSR count). The van der Waals surface area contributed by atoms with Gasteiger partial charge in [-0.1, -0.05) is 30.3 Å². The van der Waals surface area contributed by atoms with Crippen molar-refractivity contribution >= 4 is 22.8 Å². The van der Waals surface area contributed by atoms with Crippen molar-refractivity contribution in [2.24, 2.45) is 0 Å². The van der Waals surface area contributed by atoms with Crippen molar-refractivity contribution < 1.29 is 0 Å². The quantitative estimate of drug-likeness (QED) is 0.596. The Morgan fingerprint density at radius 1 is 1.13 bits per heavy atom. The molecule has 0 saturated heterocycles. The number of nitrogens with zero attached hydrogens (tertiary/aromatic N) is 3. The lowest BCUT2D eigenvalue weighted by Crippen LogP contribution is -2.10. The van der Waals surface area contributed by atoms with Crippen molar-refractivity contribution in [3.05, 3.63) is 71.1 Å². The van der Waals surface area contributed by atoms with Crippen molar-refractivity contribution in [2.75, 3.05) is 5.32 Å². The summed E-state index contributed by atoms with van der Waals surface area (Å²) in [6.45, 7) is 2.15. The first-order valence-corrected chi connectivity index (χ1v) is 8.44. The van der Waals surface area contributed by atoms with E-state index in [9.17, 15) is 0 Å². The first kappa shape index (κ1) is 14.0. The van der Waals surface area contributed by atoms with Crippen LogP contribution >= 0.6 is 11.3 Å². The molecular formula is C18H16N4S. The predicted molar refractivity (Wildman–Crippen MR) is 94.8 cm³/mol.